The number of hydrogen-bond acceptors (Lipinski definition) is 4. The molecule has 1 saturated carbocycles. The highest BCUT2D eigenvalue weighted by molar-refractivity contribution is 5.48. The third-order valence-corrected chi connectivity index (χ3v) is 4.10. The molecule has 0 aromatic carbocycles. The van der Waals surface area contributed by atoms with Gasteiger partial charge >= 0.3 is 0 Å². The largest absolute Gasteiger partial charge is 0.373 e. The first-order valence-corrected chi connectivity index (χ1v) is 7.25. The fourth-order valence-electron chi connectivity index (χ4n) is 2.70. The van der Waals surface area contributed by atoms with Gasteiger partial charge in [0, 0.05) is 25.1 Å². The fraction of sp³-hybridized carbons (Fsp3) is 0.733. The molecule has 2 rings (SSSR count). The van der Waals surface area contributed by atoms with Crippen LogP contribution in [0.2, 0.25) is 0 Å². The minimum absolute atomic E-state index is 0.338. The molecule has 0 spiro atoms. The van der Waals surface area contributed by atoms with E-state index in [9.17, 15) is 0 Å². The van der Waals surface area contributed by atoms with Crippen LogP contribution >= 0.6 is 0 Å². The molecule has 1 atom stereocenters. The van der Waals surface area contributed by atoms with E-state index in [0.29, 0.717) is 17.4 Å². The van der Waals surface area contributed by atoms with Crippen molar-refractivity contribution in [2.45, 2.75) is 58.9 Å². The first kappa shape index (κ1) is 14.1. The molecule has 0 bridgehead atoms. The van der Waals surface area contributed by atoms with Crippen LogP contribution in [0.4, 0.5) is 11.6 Å². The van der Waals surface area contributed by atoms with Gasteiger partial charge in [0.1, 0.15) is 17.5 Å². The Morgan fingerprint density at radius 1 is 1.26 bits per heavy atom. The lowest BCUT2D eigenvalue weighted by Crippen LogP contribution is -2.31. The van der Waals surface area contributed by atoms with Crippen LogP contribution in [0.25, 0.3) is 0 Å². The zero-order chi connectivity index (χ0) is 14.0. The van der Waals surface area contributed by atoms with Crippen LogP contribution in [0.1, 0.15) is 58.7 Å². The van der Waals surface area contributed by atoms with Gasteiger partial charge in [-0.2, -0.15) is 0 Å². The lowest BCUT2D eigenvalue weighted by molar-refractivity contribution is 0.349. The quantitative estimate of drug-likeness (QED) is 0.870. The Hall–Kier alpha value is -1.32. The standard InChI is InChI=1S/C15H26N4/c1-10(2)14-18-12(16-5)9-13(19-14)17-11-7-6-8-15(11,3)4/h9-11H,6-8H2,1-5H3,(H2,16,17,18,19). The molecule has 1 aromatic heterocycles. The Morgan fingerprint density at radius 2 is 1.95 bits per heavy atom. The van der Waals surface area contributed by atoms with Crippen molar-refractivity contribution < 1.29 is 0 Å². The second kappa shape index (κ2) is 5.35. The summed E-state index contributed by atoms with van der Waals surface area (Å²) in [5.74, 6) is 3.07. The van der Waals surface area contributed by atoms with Gasteiger partial charge in [-0.15, -0.1) is 0 Å². The van der Waals surface area contributed by atoms with E-state index in [1.54, 1.807) is 0 Å². The van der Waals surface area contributed by atoms with Gasteiger partial charge in [-0.1, -0.05) is 34.1 Å². The molecule has 1 aliphatic rings. The maximum absolute atomic E-state index is 4.65. The van der Waals surface area contributed by atoms with Crippen LogP contribution in [0.5, 0.6) is 0 Å². The zero-order valence-electron chi connectivity index (χ0n) is 12.7. The molecule has 1 unspecified atom stereocenters. The summed E-state index contributed by atoms with van der Waals surface area (Å²) in [6.45, 7) is 8.92. The third kappa shape index (κ3) is 3.17. The molecule has 1 aliphatic carbocycles. The van der Waals surface area contributed by atoms with E-state index < -0.39 is 0 Å². The van der Waals surface area contributed by atoms with Gasteiger partial charge < -0.3 is 10.6 Å². The van der Waals surface area contributed by atoms with Crippen molar-refractivity contribution in [2.75, 3.05) is 17.7 Å². The van der Waals surface area contributed by atoms with Crippen LogP contribution in [0.15, 0.2) is 6.07 Å². The molecule has 4 nitrogen and oxygen atoms in total. The predicted molar refractivity (Wildman–Crippen MR) is 80.7 cm³/mol. The Balaban J connectivity index is 2.22. The van der Waals surface area contributed by atoms with Crippen LogP contribution in [-0.4, -0.2) is 23.1 Å². The Morgan fingerprint density at radius 3 is 2.47 bits per heavy atom. The highest BCUT2D eigenvalue weighted by Gasteiger charge is 2.34. The molecule has 0 saturated heterocycles. The first-order chi connectivity index (χ1) is 8.92. The maximum atomic E-state index is 4.65. The number of hydrogen-bond donors (Lipinski definition) is 2. The van der Waals surface area contributed by atoms with Gasteiger partial charge in [0.2, 0.25) is 0 Å². The second-order valence-electron chi connectivity index (χ2n) is 6.48. The van der Waals surface area contributed by atoms with E-state index in [1.807, 2.05) is 13.1 Å². The summed E-state index contributed by atoms with van der Waals surface area (Å²) in [7, 11) is 1.90. The van der Waals surface area contributed by atoms with Gasteiger partial charge in [0.15, 0.2) is 0 Å². The van der Waals surface area contributed by atoms with Crippen molar-refractivity contribution >= 4 is 11.6 Å². The van der Waals surface area contributed by atoms with E-state index >= 15 is 0 Å². The number of nitrogens with one attached hydrogen (secondary N) is 2. The lowest BCUT2D eigenvalue weighted by atomic mass is 9.87. The maximum Gasteiger partial charge on any atom is 0.135 e. The Bertz CT molecular complexity index is 440. The van der Waals surface area contributed by atoms with Crippen molar-refractivity contribution in [1.82, 2.24) is 9.97 Å². The molecule has 106 valence electrons. The molecule has 0 radical (unpaired) electrons. The second-order valence-corrected chi connectivity index (χ2v) is 6.48. The molecule has 19 heavy (non-hydrogen) atoms. The molecule has 1 fully saturated rings. The van der Waals surface area contributed by atoms with Crippen molar-refractivity contribution in [1.29, 1.82) is 0 Å². The number of nitrogens with zero attached hydrogens (tertiary/aromatic N) is 2. The van der Waals surface area contributed by atoms with Gasteiger partial charge in [0.05, 0.1) is 0 Å². The topological polar surface area (TPSA) is 49.8 Å². The summed E-state index contributed by atoms with van der Waals surface area (Å²) in [5, 5.41) is 6.73. The molecule has 1 aromatic rings. The van der Waals surface area contributed by atoms with E-state index in [4.69, 9.17) is 0 Å². The molecule has 0 amide bonds. The van der Waals surface area contributed by atoms with Crippen molar-refractivity contribution in [2.24, 2.45) is 5.41 Å². The summed E-state index contributed by atoms with van der Waals surface area (Å²) in [4.78, 5) is 9.15. The van der Waals surface area contributed by atoms with Crippen LogP contribution in [-0.2, 0) is 0 Å². The normalized spacial score (nSPS) is 21.7. The summed E-state index contributed by atoms with van der Waals surface area (Å²) in [6, 6.07) is 2.51. The lowest BCUT2D eigenvalue weighted by Gasteiger charge is -2.28. The monoisotopic (exact) mass is 262 g/mol. The van der Waals surface area contributed by atoms with Crippen molar-refractivity contribution in [3.63, 3.8) is 0 Å². The minimum Gasteiger partial charge on any atom is -0.373 e. The SMILES string of the molecule is CNc1cc(NC2CCCC2(C)C)nc(C(C)C)n1. The summed E-state index contributed by atoms with van der Waals surface area (Å²) < 4.78 is 0. The zero-order valence-corrected chi connectivity index (χ0v) is 12.7. The summed E-state index contributed by atoms with van der Waals surface area (Å²) in [6.07, 6.45) is 3.81. The molecule has 1 heterocycles. The fourth-order valence-corrected chi connectivity index (χ4v) is 2.70. The van der Waals surface area contributed by atoms with E-state index in [2.05, 4.69) is 48.3 Å². The minimum atomic E-state index is 0.338. The van der Waals surface area contributed by atoms with Gasteiger partial charge in [-0.25, -0.2) is 9.97 Å². The first-order valence-electron chi connectivity index (χ1n) is 7.25. The molecule has 4 heteroatoms. The third-order valence-electron chi connectivity index (χ3n) is 4.10. The highest BCUT2D eigenvalue weighted by Crippen LogP contribution is 2.38. The molecule has 2 N–H and O–H groups in total. The van der Waals surface area contributed by atoms with Crippen LogP contribution < -0.4 is 10.6 Å². The van der Waals surface area contributed by atoms with Gasteiger partial charge in [-0.05, 0) is 18.3 Å². The van der Waals surface area contributed by atoms with E-state index in [1.165, 1.54) is 19.3 Å². The van der Waals surface area contributed by atoms with Crippen molar-refractivity contribution in [3.8, 4) is 0 Å². The number of rotatable bonds is 4. The number of anilines is 2. The Kier molecular flexibility index (Phi) is 3.97. The highest BCUT2D eigenvalue weighted by atomic mass is 15.1. The van der Waals surface area contributed by atoms with Gasteiger partial charge in [-0.3, -0.25) is 0 Å². The molecular formula is C15H26N4. The molecule has 0 aliphatic heterocycles. The number of aromatic nitrogens is 2. The predicted octanol–water partition coefficient (Wildman–Crippen LogP) is 3.63. The Labute approximate surface area is 116 Å². The van der Waals surface area contributed by atoms with Crippen molar-refractivity contribution in [3.05, 3.63) is 11.9 Å². The smallest absolute Gasteiger partial charge is 0.135 e. The van der Waals surface area contributed by atoms with E-state index in [-0.39, 0.29) is 0 Å². The van der Waals surface area contributed by atoms with Crippen LogP contribution in [0, 0.1) is 5.41 Å². The average molecular weight is 262 g/mol. The van der Waals surface area contributed by atoms with E-state index in [0.717, 1.165) is 17.5 Å². The average Bonchev–Trinajstić information content (AvgIpc) is 2.68. The van der Waals surface area contributed by atoms with Crippen LogP contribution in [0.3, 0.4) is 0 Å². The summed E-state index contributed by atoms with van der Waals surface area (Å²) >= 11 is 0. The van der Waals surface area contributed by atoms with Gasteiger partial charge in [0.25, 0.3) is 0 Å². The summed E-state index contributed by atoms with van der Waals surface area (Å²) in [5.41, 5.74) is 0.350. The molecular weight excluding hydrogens is 236 g/mol.